The maximum Gasteiger partial charge on any atom is 0.129 e. The third kappa shape index (κ3) is 5.57. The molecule has 3 aromatic carbocycles. The van der Waals surface area contributed by atoms with E-state index in [4.69, 9.17) is 25.7 Å². The quantitative estimate of drug-likeness (QED) is 0.506. The van der Waals surface area contributed by atoms with Crippen LogP contribution in [0.3, 0.4) is 0 Å². The van der Waals surface area contributed by atoms with Gasteiger partial charge in [0.2, 0.25) is 0 Å². The van der Waals surface area contributed by atoms with Gasteiger partial charge in [-0.25, -0.2) is 0 Å². The lowest BCUT2D eigenvalue weighted by atomic mass is 9.97. The number of ether oxygens (including phenoxy) is 3. The molecule has 0 radical (unpaired) electrons. The fraction of sp³-hybridized carbons (Fsp3) is 0.308. The van der Waals surface area contributed by atoms with Gasteiger partial charge in [-0.3, -0.25) is 0 Å². The minimum atomic E-state index is -0.0528. The zero-order chi connectivity index (χ0) is 22.2. The Bertz CT molecular complexity index is 964. The molecule has 4 N–H and O–H groups in total. The molecular formula is C26H32N2O3. The molecule has 0 aromatic heterocycles. The summed E-state index contributed by atoms with van der Waals surface area (Å²) in [4.78, 5) is 0. The molecule has 5 nitrogen and oxygen atoms in total. The molecule has 1 atom stereocenters. The Labute approximate surface area is 184 Å². The molecule has 0 saturated carbocycles. The summed E-state index contributed by atoms with van der Waals surface area (Å²) >= 11 is 0. The summed E-state index contributed by atoms with van der Waals surface area (Å²) in [6.45, 7) is 3.13. The lowest BCUT2D eigenvalue weighted by molar-refractivity contribution is 0.298. The summed E-state index contributed by atoms with van der Waals surface area (Å²) in [7, 11) is 3.29. The minimum Gasteiger partial charge on any atom is -0.496 e. The van der Waals surface area contributed by atoms with Gasteiger partial charge in [-0.1, -0.05) is 48.5 Å². The van der Waals surface area contributed by atoms with Crippen LogP contribution in [0, 0.1) is 6.92 Å². The van der Waals surface area contributed by atoms with Gasteiger partial charge in [-0.05, 0) is 48.6 Å². The SMILES string of the molecule is COc1cc(OCc2cccc(-c3ccccc3)c2C)cc(OC)c1CC(N)CCN. The summed E-state index contributed by atoms with van der Waals surface area (Å²) in [6, 6.07) is 20.4. The molecule has 1 unspecified atom stereocenters. The number of methoxy groups -OCH3 is 2. The maximum atomic E-state index is 6.19. The van der Waals surface area contributed by atoms with Crippen LogP contribution >= 0.6 is 0 Å². The van der Waals surface area contributed by atoms with E-state index in [2.05, 4.69) is 49.4 Å². The Kier molecular flexibility index (Phi) is 7.93. The van der Waals surface area contributed by atoms with Crippen LogP contribution in [-0.4, -0.2) is 26.8 Å². The van der Waals surface area contributed by atoms with E-state index in [-0.39, 0.29) is 6.04 Å². The van der Waals surface area contributed by atoms with E-state index in [0.717, 1.165) is 17.5 Å². The minimum absolute atomic E-state index is 0.0528. The molecule has 0 fully saturated rings. The van der Waals surface area contributed by atoms with Gasteiger partial charge in [0.25, 0.3) is 0 Å². The van der Waals surface area contributed by atoms with Crippen molar-refractivity contribution in [2.24, 2.45) is 11.5 Å². The highest BCUT2D eigenvalue weighted by Crippen LogP contribution is 2.36. The van der Waals surface area contributed by atoms with Crippen LogP contribution in [0.1, 0.15) is 23.1 Å². The first kappa shape index (κ1) is 22.7. The Morgan fingerprint density at radius 2 is 1.58 bits per heavy atom. The largest absolute Gasteiger partial charge is 0.496 e. The second kappa shape index (κ2) is 10.8. The predicted octanol–water partition coefficient (Wildman–Crippen LogP) is 4.48. The van der Waals surface area contributed by atoms with Crippen molar-refractivity contribution < 1.29 is 14.2 Å². The van der Waals surface area contributed by atoms with Crippen molar-refractivity contribution in [3.05, 3.63) is 77.4 Å². The van der Waals surface area contributed by atoms with E-state index in [0.29, 0.717) is 36.8 Å². The van der Waals surface area contributed by atoms with E-state index in [1.807, 2.05) is 18.2 Å². The molecule has 0 aliphatic heterocycles. The molecule has 164 valence electrons. The van der Waals surface area contributed by atoms with E-state index in [1.54, 1.807) is 14.2 Å². The molecule has 3 rings (SSSR count). The second-order valence-corrected chi connectivity index (χ2v) is 7.59. The smallest absolute Gasteiger partial charge is 0.129 e. The van der Waals surface area contributed by atoms with Crippen LogP contribution < -0.4 is 25.7 Å². The molecular weight excluding hydrogens is 388 g/mol. The lowest BCUT2D eigenvalue weighted by Gasteiger charge is -2.19. The normalized spacial score (nSPS) is 11.8. The summed E-state index contributed by atoms with van der Waals surface area (Å²) in [6.07, 6.45) is 1.36. The van der Waals surface area contributed by atoms with Gasteiger partial charge in [0.05, 0.1) is 14.2 Å². The number of rotatable bonds is 10. The highest BCUT2D eigenvalue weighted by Gasteiger charge is 2.17. The van der Waals surface area contributed by atoms with E-state index in [1.165, 1.54) is 16.7 Å². The first-order valence-electron chi connectivity index (χ1n) is 10.5. The van der Waals surface area contributed by atoms with Crippen LogP contribution in [0.15, 0.2) is 60.7 Å². The average Bonchev–Trinajstić information content (AvgIpc) is 2.79. The molecule has 0 aliphatic carbocycles. The molecule has 0 bridgehead atoms. The Morgan fingerprint density at radius 1 is 0.903 bits per heavy atom. The fourth-order valence-corrected chi connectivity index (χ4v) is 3.75. The summed E-state index contributed by atoms with van der Waals surface area (Å²) in [5.41, 5.74) is 17.5. The van der Waals surface area contributed by atoms with Gasteiger partial charge in [0.1, 0.15) is 23.9 Å². The van der Waals surface area contributed by atoms with Crippen molar-refractivity contribution in [3.63, 3.8) is 0 Å². The Balaban J connectivity index is 1.82. The number of benzene rings is 3. The van der Waals surface area contributed by atoms with Gasteiger partial charge in [0, 0.05) is 23.7 Å². The van der Waals surface area contributed by atoms with Crippen LogP contribution in [0.5, 0.6) is 17.2 Å². The average molecular weight is 421 g/mol. The zero-order valence-electron chi connectivity index (χ0n) is 18.6. The van der Waals surface area contributed by atoms with Crippen LogP contribution in [-0.2, 0) is 13.0 Å². The Hall–Kier alpha value is -3.02. The number of hydrogen-bond acceptors (Lipinski definition) is 5. The summed E-state index contributed by atoms with van der Waals surface area (Å²) in [5.74, 6) is 2.10. The number of nitrogens with two attached hydrogens (primary N) is 2. The van der Waals surface area contributed by atoms with Crippen molar-refractivity contribution in [3.8, 4) is 28.4 Å². The van der Waals surface area contributed by atoms with Gasteiger partial charge < -0.3 is 25.7 Å². The monoisotopic (exact) mass is 420 g/mol. The first-order chi connectivity index (χ1) is 15.1. The van der Waals surface area contributed by atoms with Crippen molar-refractivity contribution in [2.45, 2.75) is 32.4 Å². The topological polar surface area (TPSA) is 79.7 Å². The fourth-order valence-electron chi connectivity index (χ4n) is 3.75. The molecule has 0 spiro atoms. The highest BCUT2D eigenvalue weighted by atomic mass is 16.5. The van der Waals surface area contributed by atoms with Gasteiger partial charge in [0.15, 0.2) is 0 Å². The number of hydrogen-bond donors (Lipinski definition) is 2. The molecule has 0 saturated heterocycles. The maximum absolute atomic E-state index is 6.19. The summed E-state index contributed by atoms with van der Waals surface area (Å²) in [5, 5.41) is 0. The highest BCUT2D eigenvalue weighted by molar-refractivity contribution is 5.68. The standard InChI is InChI=1S/C26H32N2O3/c1-18-20(10-7-11-23(18)19-8-5-4-6-9-19)17-31-22-15-25(29-2)24(26(16-22)30-3)14-21(28)12-13-27/h4-11,15-16,21H,12-14,17,27-28H2,1-3H3. The zero-order valence-corrected chi connectivity index (χ0v) is 18.6. The van der Waals surface area contributed by atoms with Crippen molar-refractivity contribution in [2.75, 3.05) is 20.8 Å². The van der Waals surface area contributed by atoms with Crippen molar-refractivity contribution in [1.82, 2.24) is 0 Å². The van der Waals surface area contributed by atoms with E-state index >= 15 is 0 Å². The van der Waals surface area contributed by atoms with Crippen LogP contribution in [0.25, 0.3) is 11.1 Å². The van der Waals surface area contributed by atoms with Gasteiger partial charge >= 0.3 is 0 Å². The molecule has 3 aromatic rings. The van der Waals surface area contributed by atoms with Crippen molar-refractivity contribution in [1.29, 1.82) is 0 Å². The lowest BCUT2D eigenvalue weighted by Crippen LogP contribution is -2.26. The Morgan fingerprint density at radius 3 is 2.19 bits per heavy atom. The first-order valence-corrected chi connectivity index (χ1v) is 10.5. The summed E-state index contributed by atoms with van der Waals surface area (Å²) < 4.78 is 17.4. The molecule has 0 heterocycles. The third-order valence-electron chi connectivity index (χ3n) is 5.51. The van der Waals surface area contributed by atoms with E-state index < -0.39 is 0 Å². The van der Waals surface area contributed by atoms with Crippen LogP contribution in [0.2, 0.25) is 0 Å². The van der Waals surface area contributed by atoms with Crippen LogP contribution in [0.4, 0.5) is 0 Å². The third-order valence-corrected chi connectivity index (χ3v) is 5.51. The molecule has 31 heavy (non-hydrogen) atoms. The van der Waals surface area contributed by atoms with E-state index in [9.17, 15) is 0 Å². The molecule has 0 aliphatic rings. The molecule has 0 amide bonds. The molecule has 5 heteroatoms. The van der Waals surface area contributed by atoms with Gasteiger partial charge in [-0.2, -0.15) is 0 Å². The predicted molar refractivity (Wildman–Crippen MR) is 126 cm³/mol. The van der Waals surface area contributed by atoms with Crippen molar-refractivity contribution >= 4 is 0 Å². The second-order valence-electron chi connectivity index (χ2n) is 7.59. The van der Waals surface area contributed by atoms with Gasteiger partial charge in [-0.15, -0.1) is 0 Å².